The van der Waals surface area contributed by atoms with Crippen LogP contribution in [0, 0.1) is 11.8 Å². The molecule has 0 bridgehead atoms. The Hall–Kier alpha value is -1.14. The Kier molecular flexibility index (Phi) is 22.2. The summed E-state index contributed by atoms with van der Waals surface area (Å²) in [6.07, 6.45) is 32.4. The zero-order valence-electron chi connectivity index (χ0n) is 28.7. The SMILES string of the molecule is CCCCC(CC)CNc1cc[n+](C(Br)CCCCCCCCCCC(Br)[n+]2ccc(NCC(CC)CCCC)cc2)cc1. The molecule has 250 valence electrons. The van der Waals surface area contributed by atoms with E-state index in [0.717, 1.165) is 24.9 Å². The van der Waals surface area contributed by atoms with E-state index in [1.807, 2.05) is 0 Å². The van der Waals surface area contributed by atoms with Crippen LogP contribution in [0.5, 0.6) is 0 Å². The number of hydrogen-bond donors (Lipinski definition) is 2. The van der Waals surface area contributed by atoms with Crippen molar-refractivity contribution in [2.75, 3.05) is 23.7 Å². The molecule has 44 heavy (non-hydrogen) atoms. The van der Waals surface area contributed by atoms with Crippen LogP contribution >= 0.6 is 31.9 Å². The monoisotopic (exact) mass is 736 g/mol. The van der Waals surface area contributed by atoms with Gasteiger partial charge < -0.3 is 10.6 Å². The molecule has 0 aliphatic rings. The Morgan fingerprint density at radius 1 is 0.500 bits per heavy atom. The van der Waals surface area contributed by atoms with E-state index in [2.05, 4.69) is 128 Å². The minimum absolute atomic E-state index is 0.385. The fourth-order valence-corrected chi connectivity index (χ4v) is 7.07. The molecule has 0 spiro atoms. The number of unbranched alkanes of at least 4 members (excludes halogenated alkanes) is 9. The second-order valence-electron chi connectivity index (χ2n) is 12.9. The van der Waals surface area contributed by atoms with Crippen LogP contribution in [0.1, 0.15) is 153 Å². The minimum atomic E-state index is 0.385. The molecule has 6 heteroatoms. The molecule has 0 aromatic carbocycles. The molecule has 0 radical (unpaired) electrons. The van der Waals surface area contributed by atoms with E-state index in [9.17, 15) is 0 Å². The van der Waals surface area contributed by atoms with Gasteiger partial charge in [0, 0.05) is 61.6 Å². The molecular weight excluding hydrogens is 672 g/mol. The lowest BCUT2D eigenvalue weighted by molar-refractivity contribution is -0.698. The number of nitrogens with one attached hydrogen (secondary N) is 2. The van der Waals surface area contributed by atoms with Crippen molar-refractivity contribution in [1.82, 2.24) is 0 Å². The van der Waals surface area contributed by atoms with Crippen LogP contribution in [0.15, 0.2) is 49.1 Å². The highest BCUT2D eigenvalue weighted by Crippen LogP contribution is 2.21. The lowest BCUT2D eigenvalue weighted by Crippen LogP contribution is -2.35. The third-order valence-electron chi connectivity index (χ3n) is 9.26. The molecule has 0 fully saturated rings. The maximum atomic E-state index is 3.91. The molecule has 0 amide bonds. The van der Waals surface area contributed by atoms with Gasteiger partial charge in [-0.25, -0.2) is 0 Å². The molecule has 0 aliphatic heterocycles. The molecule has 2 N–H and O–H groups in total. The lowest BCUT2D eigenvalue weighted by Gasteiger charge is -2.16. The molecule has 2 aromatic rings. The fourth-order valence-electron chi connectivity index (χ4n) is 5.88. The van der Waals surface area contributed by atoms with E-state index >= 15 is 0 Å². The van der Waals surface area contributed by atoms with Crippen LogP contribution in [0.4, 0.5) is 11.4 Å². The summed E-state index contributed by atoms with van der Waals surface area (Å²) in [6.45, 7) is 11.4. The normalized spacial score (nSPS) is 14.2. The Morgan fingerprint density at radius 2 is 0.841 bits per heavy atom. The minimum Gasteiger partial charge on any atom is -0.384 e. The van der Waals surface area contributed by atoms with Crippen LogP contribution in [-0.2, 0) is 0 Å². The maximum absolute atomic E-state index is 3.91. The van der Waals surface area contributed by atoms with E-state index in [1.165, 1.54) is 127 Å². The van der Waals surface area contributed by atoms with Gasteiger partial charge >= 0.3 is 0 Å². The van der Waals surface area contributed by atoms with E-state index in [4.69, 9.17) is 0 Å². The molecule has 0 saturated heterocycles. The summed E-state index contributed by atoms with van der Waals surface area (Å²) >= 11 is 7.82. The van der Waals surface area contributed by atoms with Crippen molar-refractivity contribution in [2.45, 2.75) is 153 Å². The van der Waals surface area contributed by atoms with Gasteiger partial charge in [-0.1, -0.05) is 105 Å². The number of halogens is 2. The first-order chi connectivity index (χ1) is 21.5. The molecule has 0 saturated carbocycles. The van der Waals surface area contributed by atoms with Crippen molar-refractivity contribution in [3.8, 4) is 0 Å². The Bertz CT molecular complexity index is 859. The second kappa shape index (κ2) is 25.0. The first kappa shape index (κ1) is 39.0. The van der Waals surface area contributed by atoms with Crippen LogP contribution in [0.3, 0.4) is 0 Å². The quantitative estimate of drug-likeness (QED) is 0.0543. The van der Waals surface area contributed by atoms with E-state index < -0.39 is 0 Å². The Balaban J connectivity index is 1.49. The molecule has 2 rings (SSSR count). The largest absolute Gasteiger partial charge is 0.384 e. The Morgan fingerprint density at radius 3 is 1.16 bits per heavy atom. The van der Waals surface area contributed by atoms with Crippen molar-refractivity contribution < 1.29 is 9.13 Å². The molecule has 2 aromatic heterocycles. The van der Waals surface area contributed by atoms with Crippen LogP contribution in [0.2, 0.25) is 0 Å². The summed E-state index contributed by atoms with van der Waals surface area (Å²) in [7, 11) is 0. The molecule has 0 aliphatic carbocycles. The Labute approximate surface area is 288 Å². The third kappa shape index (κ3) is 17.0. The number of rotatable bonds is 27. The van der Waals surface area contributed by atoms with Crippen molar-refractivity contribution in [3.63, 3.8) is 0 Å². The van der Waals surface area contributed by atoms with Crippen molar-refractivity contribution in [1.29, 1.82) is 0 Å². The van der Waals surface area contributed by atoms with E-state index in [1.54, 1.807) is 0 Å². The average molecular weight is 739 g/mol. The van der Waals surface area contributed by atoms with Gasteiger partial charge in [0.2, 0.25) is 9.90 Å². The van der Waals surface area contributed by atoms with Crippen LogP contribution in [0.25, 0.3) is 0 Å². The zero-order valence-corrected chi connectivity index (χ0v) is 31.9. The van der Waals surface area contributed by atoms with E-state index in [0.29, 0.717) is 9.90 Å². The molecule has 4 unspecified atom stereocenters. The number of hydrogen-bond acceptors (Lipinski definition) is 2. The van der Waals surface area contributed by atoms with Gasteiger partial charge in [-0.3, -0.25) is 0 Å². The van der Waals surface area contributed by atoms with Crippen LogP contribution in [-0.4, -0.2) is 13.1 Å². The highest BCUT2D eigenvalue weighted by Gasteiger charge is 2.15. The molecule has 2 heterocycles. The number of aromatic nitrogens is 2. The summed E-state index contributed by atoms with van der Waals surface area (Å²) in [4.78, 5) is 0.770. The summed E-state index contributed by atoms with van der Waals surface area (Å²) in [6, 6.07) is 8.90. The van der Waals surface area contributed by atoms with Gasteiger partial charge in [0.25, 0.3) is 0 Å². The van der Waals surface area contributed by atoms with Gasteiger partial charge in [-0.05, 0) is 69.4 Å². The number of anilines is 2. The number of alkyl halides is 2. The summed E-state index contributed by atoms with van der Waals surface area (Å²) in [5, 5.41) is 7.30. The third-order valence-corrected chi connectivity index (χ3v) is 11.1. The second-order valence-corrected chi connectivity index (χ2v) is 15.1. The summed E-state index contributed by atoms with van der Waals surface area (Å²) in [5.74, 6) is 1.56. The van der Waals surface area contributed by atoms with Gasteiger partial charge in [0.05, 0.1) is 0 Å². The van der Waals surface area contributed by atoms with Gasteiger partial charge in [-0.2, -0.15) is 9.13 Å². The lowest BCUT2D eigenvalue weighted by atomic mass is 9.99. The maximum Gasteiger partial charge on any atom is 0.211 e. The standard InChI is InChI=1S/C38H64Br2N4/c1-5-9-19-33(7-3)31-41-35-23-27-43(28-24-35)37(39)21-17-15-13-11-12-14-16-18-22-38(40)44-29-25-36(26-30-44)42-32-34(8-4)20-10-6-2/h23-30,33-34,37-38H,5-22,31-32H2,1-4H3/p+2. The fraction of sp³-hybridized carbons (Fsp3) is 0.737. The molecule has 4 nitrogen and oxygen atoms in total. The highest BCUT2D eigenvalue weighted by molar-refractivity contribution is 9.09. The average Bonchev–Trinajstić information content (AvgIpc) is 3.06. The van der Waals surface area contributed by atoms with Crippen molar-refractivity contribution in [3.05, 3.63) is 49.1 Å². The predicted octanol–water partition coefficient (Wildman–Crippen LogP) is 11.9. The van der Waals surface area contributed by atoms with Gasteiger partial charge in [0.15, 0.2) is 24.8 Å². The number of nitrogens with zero attached hydrogens (tertiary/aromatic N) is 2. The zero-order chi connectivity index (χ0) is 31.8. The molecule has 4 atom stereocenters. The van der Waals surface area contributed by atoms with Crippen molar-refractivity contribution >= 4 is 43.2 Å². The summed E-state index contributed by atoms with van der Waals surface area (Å²) < 4.78 is 4.61. The molecular formula is C38H66Br2N4+2. The smallest absolute Gasteiger partial charge is 0.211 e. The first-order valence-corrected chi connectivity index (χ1v) is 20.1. The summed E-state index contributed by atoms with van der Waals surface area (Å²) in [5.41, 5.74) is 2.47. The topological polar surface area (TPSA) is 31.8 Å². The van der Waals surface area contributed by atoms with Gasteiger partial charge in [0.1, 0.15) is 0 Å². The number of pyridine rings is 2. The predicted molar refractivity (Wildman–Crippen MR) is 199 cm³/mol. The highest BCUT2D eigenvalue weighted by atomic mass is 79.9. The van der Waals surface area contributed by atoms with E-state index in [-0.39, 0.29) is 0 Å². The first-order valence-electron chi connectivity index (χ1n) is 18.3. The van der Waals surface area contributed by atoms with Crippen molar-refractivity contribution in [2.24, 2.45) is 11.8 Å². The van der Waals surface area contributed by atoms with Crippen LogP contribution < -0.4 is 19.8 Å². The van der Waals surface area contributed by atoms with Gasteiger partial charge in [-0.15, -0.1) is 0 Å².